The second-order valence-corrected chi connectivity index (χ2v) is 9.83. The number of benzene rings is 2. The maximum absolute atomic E-state index is 13.1. The van der Waals surface area contributed by atoms with Crippen molar-refractivity contribution < 1.29 is 8.42 Å². The number of nitrogens with zero attached hydrogens (tertiary/aromatic N) is 2. The first-order valence-electron chi connectivity index (χ1n) is 10.1. The van der Waals surface area contributed by atoms with Gasteiger partial charge in [0.15, 0.2) is 9.84 Å². The van der Waals surface area contributed by atoms with Gasteiger partial charge in [-0.1, -0.05) is 42.5 Å². The normalized spacial score (nSPS) is 19.0. The van der Waals surface area contributed by atoms with E-state index in [1.165, 1.54) is 6.20 Å². The first-order valence-corrected chi connectivity index (χ1v) is 11.6. The molecule has 1 aromatic heterocycles. The second-order valence-electron chi connectivity index (χ2n) is 7.60. The minimum Gasteiger partial charge on any atom is -0.367 e. The van der Waals surface area contributed by atoms with Gasteiger partial charge in [-0.3, -0.25) is 0 Å². The van der Waals surface area contributed by atoms with Crippen LogP contribution in [0.5, 0.6) is 0 Å². The summed E-state index contributed by atoms with van der Waals surface area (Å²) >= 11 is 0. The number of rotatable bonds is 5. The number of aromatic nitrogens is 1. The lowest BCUT2D eigenvalue weighted by atomic mass is 9.95. The number of sulfone groups is 1. The minimum absolute atomic E-state index is 0.192. The summed E-state index contributed by atoms with van der Waals surface area (Å²) in [5.41, 5.74) is 2.61. The molecule has 0 radical (unpaired) electrons. The summed E-state index contributed by atoms with van der Waals surface area (Å²) in [5.74, 6) is 0.719. The van der Waals surface area contributed by atoms with Crippen molar-refractivity contribution in [3.63, 3.8) is 0 Å². The summed E-state index contributed by atoms with van der Waals surface area (Å²) < 4.78 is 26.2. The highest BCUT2D eigenvalue weighted by atomic mass is 32.2. The van der Waals surface area contributed by atoms with Gasteiger partial charge in [-0.25, -0.2) is 13.4 Å². The molecule has 3 aromatic rings. The summed E-state index contributed by atoms with van der Waals surface area (Å²) in [6.07, 6.45) is 4.33. The summed E-state index contributed by atoms with van der Waals surface area (Å²) in [5, 5.41) is 11.9. The number of anilines is 1. The second kappa shape index (κ2) is 8.68. The number of pyridine rings is 1. The highest BCUT2D eigenvalue weighted by molar-refractivity contribution is 7.92. The van der Waals surface area contributed by atoms with E-state index in [1.54, 1.807) is 24.3 Å². The smallest absolute Gasteiger partial charge is 0.181 e. The third-order valence-corrected chi connectivity index (χ3v) is 7.93. The van der Waals surface area contributed by atoms with E-state index >= 15 is 0 Å². The van der Waals surface area contributed by atoms with Crippen molar-refractivity contribution in [3.05, 3.63) is 78.5 Å². The average Bonchev–Trinajstić information content (AvgIpc) is 2.81. The van der Waals surface area contributed by atoms with E-state index in [-0.39, 0.29) is 11.3 Å². The Morgan fingerprint density at radius 3 is 2.13 bits per heavy atom. The van der Waals surface area contributed by atoms with Crippen LogP contribution in [0, 0.1) is 11.3 Å². The first kappa shape index (κ1) is 20.1. The molecule has 1 N–H and O–H groups in total. The Morgan fingerprint density at radius 2 is 1.53 bits per heavy atom. The molecule has 1 aliphatic rings. The Labute approximate surface area is 177 Å². The maximum Gasteiger partial charge on any atom is 0.181 e. The van der Waals surface area contributed by atoms with Gasteiger partial charge in [0.1, 0.15) is 11.9 Å². The molecule has 1 saturated carbocycles. The molecule has 0 unspecified atom stereocenters. The monoisotopic (exact) mass is 417 g/mol. The van der Waals surface area contributed by atoms with Crippen molar-refractivity contribution in [2.24, 2.45) is 0 Å². The average molecular weight is 418 g/mol. The van der Waals surface area contributed by atoms with Gasteiger partial charge < -0.3 is 5.32 Å². The number of hydrogen-bond acceptors (Lipinski definition) is 5. The van der Waals surface area contributed by atoms with E-state index in [4.69, 9.17) is 5.26 Å². The molecule has 5 nitrogen and oxygen atoms in total. The van der Waals surface area contributed by atoms with E-state index in [1.807, 2.05) is 42.5 Å². The number of hydrogen-bond donors (Lipinski definition) is 1. The van der Waals surface area contributed by atoms with Crippen molar-refractivity contribution in [1.29, 1.82) is 5.26 Å². The zero-order valence-corrected chi connectivity index (χ0v) is 17.3. The Morgan fingerprint density at radius 1 is 0.867 bits per heavy atom. The SMILES string of the molecule is N#Cc1ccc(NC2CCC(S(=O)(=O)c3ccc(-c4ccccc4)cc3)CC2)nc1. The fraction of sp³-hybridized carbons (Fsp3) is 0.250. The van der Waals surface area contributed by atoms with Gasteiger partial charge in [0, 0.05) is 12.2 Å². The molecule has 1 heterocycles. The molecular formula is C24H23N3O2S. The van der Waals surface area contributed by atoms with E-state index < -0.39 is 9.84 Å². The molecule has 2 aromatic carbocycles. The predicted octanol–water partition coefficient (Wildman–Crippen LogP) is 4.82. The van der Waals surface area contributed by atoms with Crippen LogP contribution < -0.4 is 5.32 Å². The molecular weight excluding hydrogens is 394 g/mol. The lowest BCUT2D eigenvalue weighted by molar-refractivity contribution is 0.451. The topological polar surface area (TPSA) is 82.9 Å². The molecule has 0 aliphatic heterocycles. The van der Waals surface area contributed by atoms with Crippen LogP contribution >= 0.6 is 0 Å². The number of nitriles is 1. The third kappa shape index (κ3) is 4.37. The predicted molar refractivity (Wildman–Crippen MR) is 118 cm³/mol. The Hall–Kier alpha value is -3.17. The van der Waals surface area contributed by atoms with E-state index in [0.717, 1.165) is 29.8 Å². The Kier molecular flexibility index (Phi) is 5.82. The van der Waals surface area contributed by atoms with Gasteiger partial charge in [-0.05, 0) is 61.1 Å². The first-order chi connectivity index (χ1) is 14.6. The highest BCUT2D eigenvalue weighted by Crippen LogP contribution is 2.31. The summed E-state index contributed by atoms with van der Waals surface area (Å²) in [6, 6.07) is 22.9. The van der Waals surface area contributed by atoms with Crippen LogP contribution in [-0.2, 0) is 9.84 Å². The van der Waals surface area contributed by atoms with Crippen molar-refractivity contribution >= 4 is 15.7 Å². The van der Waals surface area contributed by atoms with Gasteiger partial charge in [0.25, 0.3) is 0 Å². The van der Waals surface area contributed by atoms with Crippen molar-refractivity contribution in [2.45, 2.75) is 41.9 Å². The Bertz CT molecular complexity index is 1130. The van der Waals surface area contributed by atoms with E-state index in [0.29, 0.717) is 23.3 Å². The molecule has 152 valence electrons. The minimum atomic E-state index is -3.35. The van der Waals surface area contributed by atoms with Crippen LogP contribution in [-0.4, -0.2) is 24.7 Å². The fourth-order valence-electron chi connectivity index (χ4n) is 3.93. The van der Waals surface area contributed by atoms with Crippen LogP contribution in [0.3, 0.4) is 0 Å². The van der Waals surface area contributed by atoms with Crippen LogP contribution in [0.25, 0.3) is 11.1 Å². The van der Waals surface area contributed by atoms with E-state index in [9.17, 15) is 8.42 Å². The van der Waals surface area contributed by atoms with E-state index in [2.05, 4.69) is 16.4 Å². The van der Waals surface area contributed by atoms with Crippen molar-refractivity contribution in [1.82, 2.24) is 4.98 Å². The van der Waals surface area contributed by atoms with Gasteiger partial charge in [-0.15, -0.1) is 0 Å². The van der Waals surface area contributed by atoms with Crippen molar-refractivity contribution in [3.8, 4) is 17.2 Å². The highest BCUT2D eigenvalue weighted by Gasteiger charge is 2.32. The molecule has 4 rings (SSSR count). The molecule has 0 saturated heterocycles. The van der Waals surface area contributed by atoms with Gasteiger partial charge in [0.2, 0.25) is 0 Å². The van der Waals surface area contributed by atoms with Gasteiger partial charge in [-0.2, -0.15) is 5.26 Å². The molecule has 0 spiro atoms. The molecule has 0 atom stereocenters. The standard InChI is InChI=1S/C24H23N3O2S/c25-16-18-6-15-24(26-17-18)27-21-9-13-23(14-10-21)30(28,29)22-11-7-20(8-12-22)19-4-2-1-3-5-19/h1-8,11-12,15,17,21,23H,9-10,13-14H2,(H,26,27). The zero-order valence-electron chi connectivity index (χ0n) is 16.5. The van der Waals surface area contributed by atoms with Gasteiger partial charge in [0.05, 0.1) is 15.7 Å². The maximum atomic E-state index is 13.1. The van der Waals surface area contributed by atoms with Crippen LogP contribution in [0.4, 0.5) is 5.82 Å². The lowest BCUT2D eigenvalue weighted by Gasteiger charge is -2.29. The quantitative estimate of drug-likeness (QED) is 0.644. The lowest BCUT2D eigenvalue weighted by Crippen LogP contribution is -2.33. The molecule has 30 heavy (non-hydrogen) atoms. The van der Waals surface area contributed by atoms with Crippen LogP contribution in [0.2, 0.25) is 0 Å². The fourth-order valence-corrected chi connectivity index (χ4v) is 5.73. The van der Waals surface area contributed by atoms with Crippen LogP contribution in [0.1, 0.15) is 31.2 Å². The van der Waals surface area contributed by atoms with Crippen molar-refractivity contribution in [2.75, 3.05) is 5.32 Å². The largest absolute Gasteiger partial charge is 0.367 e. The van der Waals surface area contributed by atoms with Crippen LogP contribution in [0.15, 0.2) is 77.8 Å². The molecule has 6 heteroatoms. The van der Waals surface area contributed by atoms with Gasteiger partial charge >= 0.3 is 0 Å². The molecule has 0 bridgehead atoms. The third-order valence-electron chi connectivity index (χ3n) is 5.65. The molecule has 1 fully saturated rings. The molecule has 1 aliphatic carbocycles. The Balaban J connectivity index is 1.39. The summed E-state index contributed by atoms with van der Waals surface area (Å²) in [6.45, 7) is 0. The summed E-state index contributed by atoms with van der Waals surface area (Å²) in [4.78, 5) is 4.64. The molecule has 0 amide bonds. The zero-order chi connectivity index (χ0) is 21.0. The summed E-state index contributed by atoms with van der Waals surface area (Å²) in [7, 11) is -3.35. The number of nitrogens with one attached hydrogen (secondary N) is 1.